The first kappa shape index (κ1) is 15.0. The van der Waals surface area contributed by atoms with Crippen molar-refractivity contribution in [1.29, 1.82) is 0 Å². The van der Waals surface area contributed by atoms with Gasteiger partial charge in [-0.15, -0.1) is 0 Å². The first-order valence-electron chi connectivity index (χ1n) is 8.98. The minimum Gasteiger partial charge on any atom is -0.398 e. The molecule has 2 aliphatic rings. The van der Waals surface area contributed by atoms with Gasteiger partial charge in [0.1, 0.15) is 0 Å². The largest absolute Gasteiger partial charge is 0.398 e. The summed E-state index contributed by atoms with van der Waals surface area (Å²) in [5, 5.41) is 3.70. The van der Waals surface area contributed by atoms with Gasteiger partial charge in [-0.05, 0) is 53.0 Å². The number of hydrogen-bond donors (Lipinski definition) is 2. The SMILES string of the molecule is Nc1ccccc1C1=CCC2(Nc3ccc(-c4ccccc4)cc3)C=C12. The Bertz CT molecular complexity index is 1030. The highest BCUT2D eigenvalue weighted by molar-refractivity contribution is 5.96. The summed E-state index contributed by atoms with van der Waals surface area (Å²) in [6, 6.07) is 27.2. The molecule has 2 heteroatoms. The van der Waals surface area contributed by atoms with Crippen LogP contribution in [0.25, 0.3) is 16.7 Å². The van der Waals surface area contributed by atoms with E-state index in [2.05, 4.69) is 72.1 Å². The van der Waals surface area contributed by atoms with Gasteiger partial charge in [-0.1, -0.05) is 66.7 Å². The molecule has 3 aromatic carbocycles. The molecular formula is C24H20N2. The Balaban J connectivity index is 1.33. The summed E-state index contributed by atoms with van der Waals surface area (Å²) in [4.78, 5) is 0. The fraction of sp³-hybridized carbons (Fsp3) is 0.0833. The molecule has 0 bridgehead atoms. The molecule has 0 radical (unpaired) electrons. The Morgan fingerprint density at radius 3 is 2.19 bits per heavy atom. The lowest BCUT2D eigenvalue weighted by Crippen LogP contribution is -2.22. The van der Waals surface area contributed by atoms with Gasteiger partial charge < -0.3 is 11.1 Å². The zero-order valence-electron chi connectivity index (χ0n) is 14.4. The first-order chi connectivity index (χ1) is 12.8. The maximum absolute atomic E-state index is 6.16. The molecule has 0 amide bonds. The van der Waals surface area contributed by atoms with Gasteiger partial charge in [0, 0.05) is 16.9 Å². The van der Waals surface area contributed by atoms with E-state index in [1.807, 2.05) is 24.3 Å². The van der Waals surface area contributed by atoms with Crippen molar-refractivity contribution in [2.24, 2.45) is 0 Å². The highest BCUT2D eigenvalue weighted by atomic mass is 15.0. The summed E-state index contributed by atoms with van der Waals surface area (Å²) in [7, 11) is 0. The third kappa shape index (κ3) is 2.42. The molecule has 0 aliphatic heterocycles. The summed E-state index contributed by atoms with van der Waals surface area (Å²) in [6.07, 6.45) is 5.60. The second-order valence-corrected chi connectivity index (χ2v) is 7.01. The number of nitrogens with two attached hydrogens (primary N) is 1. The quantitative estimate of drug-likeness (QED) is 0.616. The van der Waals surface area contributed by atoms with E-state index in [0.29, 0.717) is 0 Å². The number of para-hydroxylation sites is 1. The molecule has 0 aromatic heterocycles. The van der Waals surface area contributed by atoms with Crippen molar-refractivity contribution in [3.8, 4) is 11.1 Å². The van der Waals surface area contributed by atoms with Gasteiger partial charge in [0.15, 0.2) is 0 Å². The Morgan fingerprint density at radius 1 is 0.769 bits per heavy atom. The molecule has 126 valence electrons. The molecule has 26 heavy (non-hydrogen) atoms. The number of hydrogen-bond acceptors (Lipinski definition) is 2. The smallest absolute Gasteiger partial charge is 0.0855 e. The van der Waals surface area contributed by atoms with Crippen molar-refractivity contribution in [1.82, 2.24) is 0 Å². The zero-order chi connectivity index (χ0) is 17.6. The van der Waals surface area contributed by atoms with E-state index in [-0.39, 0.29) is 5.54 Å². The van der Waals surface area contributed by atoms with Gasteiger partial charge in [-0.25, -0.2) is 0 Å². The van der Waals surface area contributed by atoms with E-state index >= 15 is 0 Å². The molecule has 0 spiro atoms. The number of fused-ring (bicyclic) bond motifs is 1. The fourth-order valence-corrected chi connectivity index (χ4v) is 3.86. The summed E-state index contributed by atoms with van der Waals surface area (Å²) in [5.74, 6) is 0. The molecule has 0 saturated carbocycles. The molecule has 0 fully saturated rings. The Kier molecular flexibility index (Phi) is 3.26. The highest BCUT2D eigenvalue weighted by Crippen LogP contribution is 2.54. The van der Waals surface area contributed by atoms with Crippen LogP contribution < -0.4 is 11.1 Å². The van der Waals surface area contributed by atoms with Crippen LogP contribution in [0, 0.1) is 0 Å². The van der Waals surface area contributed by atoms with E-state index < -0.39 is 0 Å². The maximum atomic E-state index is 6.16. The molecule has 1 unspecified atom stereocenters. The molecule has 3 aromatic rings. The zero-order valence-corrected chi connectivity index (χ0v) is 14.4. The van der Waals surface area contributed by atoms with E-state index in [4.69, 9.17) is 5.73 Å². The second-order valence-electron chi connectivity index (χ2n) is 7.01. The van der Waals surface area contributed by atoms with Crippen molar-refractivity contribution in [3.05, 3.63) is 102 Å². The predicted molar refractivity (Wildman–Crippen MR) is 110 cm³/mol. The average Bonchev–Trinajstić information content (AvgIpc) is 3.28. The van der Waals surface area contributed by atoms with E-state index in [1.54, 1.807) is 0 Å². The fourth-order valence-electron chi connectivity index (χ4n) is 3.86. The summed E-state index contributed by atoms with van der Waals surface area (Å²) in [5.41, 5.74) is 14.4. The standard InChI is InChI=1S/C24H20N2/c25-23-9-5-4-8-21(23)20-14-15-24(16-22(20)24)26-19-12-10-18(11-13-19)17-6-2-1-3-7-17/h1-14,16,26H,15,25H2. The number of nitrogen functional groups attached to an aromatic ring is 1. The van der Waals surface area contributed by atoms with E-state index in [9.17, 15) is 0 Å². The topological polar surface area (TPSA) is 38.0 Å². The minimum atomic E-state index is -0.0219. The normalized spacial score (nSPS) is 20.2. The molecular weight excluding hydrogens is 316 g/mol. The van der Waals surface area contributed by atoms with Crippen LogP contribution in [-0.2, 0) is 0 Å². The molecule has 1 atom stereocenters. The van der Waals surface area contributed by atoms with Crippen LogP contribution in [0.1, 0.15) is 12.0 Å². The molecule has 3 N–H and O–H groups in total. The van der Waals surface area contributed by atoms with Gasteiger partial charge in [-0.2, -0.15) is 0 Å². The van der Waals surface area contributed by atoms with Crippen molar-refractivity contribution in [3.63, 3.8) is 0 Å². The van der Waals surface area contributed by atoms with Crippen molar-refractivity contribution >= 4 is 16.9 Å². The lowest BCUT2D eigenvalue weighted by atomic mass is 10.0. The third-order valence-electron chi connectivity index (χ3n) is 5.32. The van der Waals surface area contributed by atoms with Crippen molar-refractivity contribution in [2.45, 2.75) is 12.0 Å². The van der Waals surface area contributed by atoms with Gasteiger partial charge in [0.2, 0.25) is 0 Å². The van der Waals surface area contributed by atoms with Gasteiger partial charge in [-0.3, -0.25) is 0 Å². The lowest BCUT2D eigenvalue weighted by Gasteiger charge is -2.18. The van der Waals surface area contributed by atoms with E-state index in [1.165, 1.54) is 22.3 Å². The molecule has 2 nitrogen and oxygen atoms in total. The number of rotatable bonds is 4. The summed E-state index contributed by atoms with van der Waals surface area (Å²) < 4.78 is 0. The van der Waals surface area contributed by atoms with Crippen LogP contribution in [0.5, 0.6) is 0 Å². The lowest BCUT2D eigenvalue weighted by molar-refractivity contribution is 0.822. The van der Waals surface area contributed by atoms with Crippen molar-refractivity contribution < 1.29 is 0 Å². The average molecular weight is 336 g/mol. The predicted octanol–water partition coefficient (Wildman–Crippen LogP) is 5.51. The first-order valence-corrected chi connectivity index (χ1v) is 8.98. The van der Waals surface area contributed by atoms with Crippen LogP contribution >= 0.6 is 0 Å². The number of benzene rings is 3. The van der Waals surface area contributed by atoms with Gasteiger partial charge in [0.05, 0.1) is 5.54 Å². The molecule has 2 aliphatic carbocycles. The Morgan fingerprint density at radius 2 is 1.46 bits per heavy atom. The van der Waals surface area contributed by atoms with Gasteiger partial charge in [0.25, 0.3) is 0 Å². The van der Waals surface area contributed by atoms with Crippen LogP contribution in [0.2, 0.25) is 0 Å². The highest BCUT2D eigenvalue weighted by Gasteiger charge is 2.49. The Labute approximate surface area is 153 Å². The van der Waals surface area contributed by atoms with Crippen LogP contribution in [0.4, 0.5) is 11.4 Å². The minimum absolute atomic E-state index is 0.0219. The van der Waals surface area contributed by atoms with Crippen LogP contribution in [0.15, 0.2) is 96.6 Å². The molecule has 0 saturated heterocycles. The van der Waals surface area contributed by atoms with Crippen LogP contribution in [0.3, 0.4) is 0 Å². The van der Waals surface area contributed by atoms with Crippen LogP contribution in [-0.4, -0.2) is 5.54 Å². The number of anilines is 2. The third-order valence-corrected chi connectivity index (χ3v) is 5.32. The molecule has 0 heterocycles. The monoisotopic (exact) mass is 336 g/mol. The van der Waals surface area contributed by atoms with Crippen molar-refractivity contribution in [2.75, 3.05) is 11.1 Å². The molecule has 5 rings (SSSR count). The number of nitrogens with one attached hydrogen (secondary N) is 1. The summed E-state index contributed by atoms with van der Waals surface area (Å²) in [6.45, 7) is 0. The summed E-state index contributed by atoms with van der Waals surface area (Å²) >= 11 is 0. The van der Waals surface area contributed by atoms with Gasteiger partial charge >= 0.3 is 0 Å². The Hall–Kier alpha value is -3.26. The van der Waals surface area contributed by atoms with E-state index in [0.717, 1.165) is 23.4 Å². The maximum Gasteiger partial charge on any atom is 0.0855 e. The second kappa shape index (κ2) is 5.63.